The zero-order chi connectivity index (χ0) is 14.4. The molecule has 2 rings (SSSR count). The Kier molecular flexibility index (Phi) is 4.52. The second kappa shape index (κ2) is 6.53. The van der Waals surface area contributed by atoms with Gasteiger partial charge in [0, 0.05) is 19.2 Å². The number of rotatable bonds is 4. The van der Waals surface area contributed by atoms with Crippen LogP contribution in [-0.2, 0) is 11.2 Å². The lowest BCUT2D eigenvalue weighted by molar-refractivity contribution is -0.118. The van der Waals surface area contributed by atoms with E-state index in [2.05, 4.69) is 6.07 Å². The molecule has 0 unspecified atom stereocenters. The summed E-state index contributed by atoms with van der Waals surface area (Å²) in [4.78, 5) is 13.8. The molecule has 0 N–H and O–H groups in total. The van der Waals surface area contributed by atoms with Crippen molar-refractivity contribution in [1.29, 1.82) is 5.26 Å². The van der Waals surface area contributed by atoms with Gasteiger partial charge in [0.25, 0.3) is 0 Å². The van der Waals surface area contributed by atoms with Crippen molar-refractivity contribution in [1.82, 2.24) is 0 Å². The second-order valence-corrected chi connectivity index (χ2v) is 4.60. The Hall–Kier alpha value is -2.60. The van der Waals surface area contributed by atoms with E-state index in [9.17, 15) is 4.79 Å². The van der Waals surface area contributed by atoms with Crippen molar-refractivity contribution < 1.29 is 4.79 Å². The normalized spacial score (nSPS) is 9.80. The van der Waals surface area contributed by atoms with Crippen molar-refractivity contribution >= 4 is 11.6 Å². The SMILES string of the molecule is CN(C(=O)CCc1ccccc1)c1cccc(C#N)c1. The van der Waals surface area contributed by atoms with Crippen LogP contribution in [-0.4, -0.2) is 13.0 Å². The second-order valence-electron chi connectivity index (χ2n) is 4.60. The molecule has 0 aliphatic heterocycles. The third-order valence-electron chi connectivity index (χ3n) is 3.21. The highest BCUT2D eigenvalue weighted by molar-refractivity contribution is 5.93. The Morgan fingerprint density at radius 2 is 1.90 bits per heavy atom. The summed E-state index contributed by atoms with van der Waals surface area (Å²) in [5, 5.41) is 8.88. The van der Waals surface area contributed by atoms with Crippen LogP contribution in [0.4, 0.5) is 5.69 Å². The maximum absolute atomic E-state index is 12.2. The lowest BCUT2D eigenvalue weighted by Gasteiger charge is -2.17. The molecule has 2 aromatic rings. The average molecular weight is 264 g/mol. The molecule has 0 bridgehead atoms. The van der Waals surface area contributed by atoms with Crippen molar-refractivity contribution in [3.8, 4) is 6.07 Å². The molecule has 0 heterocycles. The molecule has 0 saturated heterocycles. The summed E-state index contributed by atoms with van der Waals surface area (Å²) in [5.74, 6) is 0.0453. The lowest BCUT2D eigenvalue weighted by Crippen LogP contribution is -2.26. The fraction of sp³-hybridized carbons (Fsp3) is 0.176. The molecule has 0 spiro atoms. The van der Waals surface area contributed by atoms with E-state index in [-0.39, 0.29) is 5.91 Å². The van der Waals surface area contributed by atoms with Crippen molar-refractivity contribution in [2.24, 2.45) is 0 Å². The number of benzene rings is 2. The van der Waals surface area contributed by atoms with Crippen molar-refractivity contribution in [3.05, 3.63) is 65.7 Å². The first-order valence-corrected chi connectivity index (χ1v) is 6.51. The Morgan fingerprint density at radius 1 is 1.15 bits per heavy atom. The van der Waals surface area contributed by atoms with Crippen LogP contribution in [0.5, 0.6) is 0 Å². The number of nitrogens with zero attached hydrogens (tertiary/aromatic N) is 2. The lowest BCUT2D eigenvalue weighted by atomic mass is 10.1. The molecule has 0 fully saturated rings. The van der Waals surface area contributed by atoms with Gasteiger partial charge in [-0.25, -0.2) is 0 Å². The Balaban J connectivity index is 2.00. The van der Waals surface area contributed by atoms with Gasteiger partial charge in [-0.05, 0) is 30.2 Å². The Bertz CT molecular complexity index is 629. The first-order valence-electron chi connectivity index (χ1n) is 6.51. The van der Waals surface area contributed by atoms with E-state index in [1.165, 1.54) is 0 Å². The number of amides is 1. The number of anilines is 1. The van der Waals surface area contributed by atoms with E-state index < -0.39 is 0 Å². The van der Waals surface area contributed by atoms with Crippen LogP contribution in [0.15, 0.2) is 54.6 Å². The molecule has 20 heavy (non-hydrogen) atoms. The standard InChI is InChI=1S/C17H16N2O/c1-19(16-9-5-8-15(12-16)13-18)17(20)11-10-14-6-3-2-4-7-14/h2-9,12H,10-11H2,1H3. The summed E-state index contributed by atoms with van der Waals surface area (Å²) in [5.41, 5.74) is 2.47. The van der Waals surface area contributed by atoms with Crippen LogP contribution < -0.4 is 4.90 Å². The third kappa shape index (κ3) is 3.46. The molecule has 2 aromatic carbocycles. The van der Waals surface area contributed by atoms with Gasteiger partial charge in [0.15, 0.2) is 0 Å². The third-order valence-corrected chi connectivity index (χ3v) is 3.21. The highest BCUT2D eigenvalue weighted by Gasteiger charge is 2.11. The van der Waals surface area contributed by atoms with E-state index in [4.69, 9.17) is 5.26 Å². The minimum absolute atomic E-state index is 0.0453. The molecule has 3 heteroatoms. The van der Waals surface area contributed by atoms with Gasteiger partial charge < -0.3 is 4.90 Å². The van der Waals surface area contributed by atoms with Crippen molar-refractivity contribution in [2.45, 2.75) is 12.8 Å². The summed E-state index contributed by atoms with van der Waals surface area (Å²) in [6.45, 7) is 0. The quantitative estimate of drug-likeness (QED) is 0.851. The monoisotopic (exact) mass is 264 g/mol. The predicted octanol–water partition coefficient (Wildman–Crippen LogP) is 3.15. The number of aryl methyl sites for hydroxylation is 1. The number of carbonyl (C=O) groups excluding carboxylic acids is 1. The molecule has 100 valence electrons. The van der Waals surface area contributed by atoms with E-state index in [1.807, 2.05) is 36.4 Å². The number of hydrogen-bond donors (Lipinski definition) is 0. The summed E-state index contributed by atoms with van der Waals surface area (Å²) in [7, 11) is 1.74. The van der Waals surface area contributed by atoms with Gasteiger partial charge in [0.05, 0.1) is 11.6 Å². The van der Waals surface area contributed by atoms with E-state index >= 15 is 0 Å². The minimum atomic E-state index is 0.0453. The van der Waals surface area contributed by atoms with Crippen LogP contribution >= 0.6 is 0 Å². The van der Waals surface area contributed by atoms with Crippen LogP contribution in [0.2, 0.25) is 0 Å². The van der Waals surface area contributed by atoms with Gasteiger partial charge in [-0.2, -0.15) is 5.26 Å². The summed E-state index contributed by atoms with van der Waals surface area (Å²) < 4.78 is 0. The molecule has 0 aliphatic carbocycles. The Morgan fingerprint density at radius 3 is 2.60 bits per heavy atom. The average Bonchev–Trinajstić information content (AvgIpc) is 2.53. The Labute approximate surface area is 119 Å². The van der Waals surface area contributed by atoms with E-state index in [1.54, 1.807) is 30.1 Å². The van der Waals surface area contributed by atoms with Crippen LogP contribution in [0.1, 0.15) is 17.5 Å². The molecule has 0 aromatic heterocycles. The summed E-state index contributed by atoms with van der Waals surface area (Å²) >= 11 is 0. The molecule has 0 atom stereocenters. The van der Waals surface area contributed by atoms with Crippen molar-refractivity contribution in [3.63, 3.8) is 0 Å². The molecule has 0 saturated carbocycles. The molecule has 0 radical (unpaired) electrons. The maximum Gasteiger partial charge on any atom is 0.227 e. The highest BCUT2D eigenvalue weighted by atomic mass is 16.2. The zero-order valence-electron chi connectivity index (χ0n) is 11.4. The predicted molar refractivity (Wildman–Crippen MR) is 79.3 cm³/mol. The van der Waals surface area contributed by atoms with Crippen LogP contribution in [0, 0.1) is 11.3 Å². The van der Waals surface area contributed by atoms with Gasteiger partial charge in [-0.1, -0.05) is 36.4 Å². The first-order chi connectivity index (χ1) is 9.70. The molecule has 0 aliphatic rings. The first kappa shape index (κ1) is 13.8. The van der Waals surface area contributed by atoms with Gasteiger partial charge in [0.1, 0.15) is 0 Å². The van der Waals surface area contributed by atoms with Gasteiger partial charge in [-0.3, -0.25) is 4.79 Å². The van der Waals surface area contributed by atoms with Gasteiger partial charge in [-0.15, -0.1) is 0 Å². The minimum Gasteiger partial charge on any atom is -0.315 e. The molecule has 3 nitrogen and oxygen atoms in total. The number of carbonyl (C=O) groups is 1. The number of nitriles is 1. The van der Waals surface area contributed by atoms with Gasteiger partial charge >= 0.3 is 0 Å². The molecule has 1 amide bonds. The molecular formula is C17H16N2O. The summed E-state index contributed by atoms with van der Waals surface area (Å²) in [6, 6.07) is 19.1. The smallest absolute Gasteiger partial charge is 0.227 e. The van der Waals surface area contributed by atoms with Crippen LogP contribution in [0.3, 0.4) is 0 Å². The van der Waals surface area contributed by atoms with Gasteiger partial charge in [0.2, 0.25) is 5.91 Å². The van der Waals surface area contributed by atoms with E-state index in [0.29, 0.717) is 12.0 Å². The fourth-order valence-electron chi connectivity index (χ4n) is 1.99. The zero-order valence-corrected chi connectivity index (χ0v) is 11.4. The number of hydrogen-bond acceptors (Lipinski definition) is 2. The molecular weight excluding hydrogens is 248 g/mol. The fourth-order valence-corrected chi connectivity index (χ4v) is 1.99. The maximum atomic E-state index is 12.2. The van der Waals surface area contributed by atoms with E-state index in [0.717, 1.165) is 17.7 Å². The van der Waals surface area contributed by atoms with Crippen molar-refractivity contribution in [2.75, 3.05) is 11.9 Å². The summed E-state index contributed by atoms with van der Waals surface area (Å²) in [6.07, 6.45) is 1.18. The topological polar surface area (TPSA) is 44.1 Å². The highest BCUT2D eigenvalue weighted by Crippen LogP contribution is 2.16. The van der Waals surface area contributed by atoms with Crippen LogP contribution in [0.25, 0.3) is 0 Å². The largest absolute Gasteiger partial charge is 0.315 e.